The number of ether oxygens (including phenoxy) is 2. The molecule has 0 aromatic rings. The van der Waals surface area contributed by atoms with Crippen LogP contribution in [0.4, 0.5) is 0 Å². The number of carbonyl (C=O) groups excluding carboxylic acids is 2. The normalized spacial score (nSPS) is 12.2. The van der Waals surface area contributed by atoms with Crippen molar-refractivity contribution in [2.24, 2.45) is 0 Å². The summed E-state index contributed by atoms with van der Waals surface area (Å²) in [5, 5.41) is -1.92. The number of hydrogen-bond donors (Lipinski definition) is 2. The second-order valence-corrected chi connectivity index (χ2v) is 5.19. The summed E-state index contributed by atoms with van der Waals surface area (Å²) >= 11 is 0. The highest BCUT2D eigenvalue weighted by Gasteiger charge is 2.35. The Morgan fingerprint density at radius 3 is 2.00 bits per heavy atom. The van der Waals surface area contributed by atoms with Crippen LogP contribution in [0.25, 0.3) is 0 Å². The molecule has 1 unspecified atom stereocenters. The van der Waals surface area contributed by atoms with Crippen molar-refractivity contribution in [3.63, 3.8) is 0 Å². The zero-order valence-corrected chi connectivity index (χ0v) is 11.9. The SMILES string of the molecule is CCCOC(=O)CC(C(=O)OCCC)S(=O)(=O)O.N. The van der Waals surface area contributed by atoms with Crippen LogP contribution in [-0.4, -0.2) is 43.4 Å². The van der Waals surface area contributed by atoms with E-state index in [1.54, 1.807) is 13.8 Å². The summed E-state index contributed by atoms with van der Waals surface area (Å²) < 4.78 is 40.1. The summed E-state index contributed by atoms with van der Waals surface area (Å²) in [4.78, 5) is 22.6. The van der Waals surface area contributed by atoms with Crippen LogP contribution in [0.5, 0.6) is 0 Å². The first kappa shape index (κ1) is 20.1. The third-order valence-electron chi connectivity index (χ3n) is 1.89. The maximum Gasteiger partial charge on any atom is 0.327 e. The molecule has 0 amide bonds. The highest BCUT2D eigenvalue weighted by Crippen LogP contribution is 2.09. The molecule has 0 radical (unpaired) electrons. The molecular formula is C10H21NO7S. The van der Waals surface area contributed by atoms with Gasteiger partial charge in [0, 0.05) is 0 Å². The van der Waals surface area contributed by atoms with Gasteiger partial charge in [-0.1, -0.05) is 13.8 Å². The van der Waals surface area contributed by atoms with Gasteiger partial charge in [0.25, 0.3) is 10.1 Å². The highest BCUT2D eigenvalue weighted by atomic mass is 32.2. The zero-order valence-electron chi connectivity index (χ0n) is 11.1. The van der Waals surface area contributed by atoms with Crippen LogP contribution in [0.1, 0.15) is 33.1 Å². The Hall–Kier alpha value is -1.19. The molecule has 0 bridgehead atoms. The molecule has 0 aliphatic carbocycles. The largest absolute Gasteiger partial charge is 0.466 e. The molecule has 4 N–H and O–H groups in total. The summed E-state index contributed by atoms with van der Waals surface area (Å²) in [6, 6.07) is 0. The third-order valence-corrected chi connectivity index (χ3v) is 2.97. The molecule has 0 saturated carbocycles. The molecule has 1 atom stereocenters. The minimum atomic E-state index is -4.69. The van der Waals surface area contributed by atoms with E-state index in [1.165, 1.54) is 0 Å². The van der Waals surface area contributed by atoms with Crippen molar-refractivity contribution in [3.8, 4) is 0 Å². The van der Waals surface area contributed by atoms with Crippen LogP contribution in [0, 0.1) is 0 Å². The number of rotatable bonds is 8. The van der Waals surface area contributed by atoms with Crippen molar-refractivity contribution in [1.82, 2.24) is 6.15 Å². The average Bonchev–Trinajstić information content (AvgIpc) is 2.28. The van der Waals surface area contributed by atoms with E-state index in [0.29, 0.717) is 12.8 Å². The summed E-state index contributed by atoms with van der Waals surface area (Å²) in [7, 11) is -4.69. The van der Waals surface area contributed by atoms with E-state index < -0.39 is 33.7 Å². The summed E-state index contributed by atoms with van der Waals surface area (Å²) in [6.45, 7) is 3.64. The molecule has 0 rings (SSSR count). The lowest BCUT2D eigenvalue weighted by Crippen LogP contribution is -2.34. The molecule has 8 nitrogen and oxygen atoms in total. The van der Waals surface area contributed by atoms with E-state index in [9.17, 15) is 18.0 Å². The molecule has 0 aromatic heterocycles. The Kier molecular flexibility index (Phi) is 10.3. The van der Waals surface area contributed by atoms with Crippen molar-refractivity contribution in [1.29, 1.82) is 0 Å². The molecule has 0 aromatic carbocycles. The topological polar surface area (TPSA) is 142 Å². The Balaban J connectivity index is 0. The lowest BCUT2D eigenvalue weighted by atomic mass is 10.3. The monoisotopic (exact) mass is 299 g/mol. The predicted octanol–water partition coefficient (Wildman–Crippen LogP) is 0.701. The first-order valence-corrected chi connectivity index (χ1v) is 7.11. The van der Waals surface area contributed by atoms with E-state index in [2.05, 4.69) is 9.47 Å². The van der Waals surface area contributed by atoms with Gasteiger partial charge in [-0.05, 0) is 12.8 Å². The van der Waals surface area contributed by atoms with Gasteiger partial charge in [0.1, 0.15) is 0 Å². The van der Waals surface area contributed by atoms with E-state index in [1.807, 2.05) is 0 Å². The molecular weight excluding hydrogens is 278 g/mol. The lowest BCUT2D eigenvalue weighted by molar-refractivity contribution is -0.150. The van der Waals surface area contributed by atoms with Crippen molar-refractivity contribution in [2.75, 3.05) is 13.2 Å². The first-order chi connectivity index (χ1) is 8.32. The van der Waals surface area contributed by atoms with E-state index >= 15 is 0 Å². The second-order valence-electron chi connectivity index (χ2n) is 3.60. The smallest absolute Gasteiger partial charge is 0.327 e. The number of esters is 2. The van der Waals surface area contributed by atoms with E-state index in [0.717, 1.165) is 0 Å². The molecule has 0 heterocycles. The molecule has 0 saturated heterocycles. The van der Waals surface area contributed by atoms with Crippen LogP contribution in [0.3, 0.4) is 0 Å². The van der Waals surface area contributed by atoms with E-state index in [4.69, 9.17) is 4.55 Å². The Labute approximate surface area is 112 Å². The van der Waals surface area contributed by atoms with Crippen LogP contribution in [0.15, 0.2) is 0 Å². The number of hydrogen-bond acceptors (Lipinski definition) is 7. The van der Waals surface area contributed by atoms with Gasteiger partial charge in [0.15, 0.2) is 5.25 Å². The second kappa shape index (κ2) is 9.70. The van der Waals surface area contributed by atoms with Crippen LogP contribution < -0.4 is 6.15 Å². The molecule has 0 aliphatic heterocycles. The fraction of sp³-hybridized carbons (Fsp3) is 0.800. The maximum absolute atomic E-state index is 11.4. The molecule has 0 fully saturated rings. The summed E-state index contributed by atoms with van der Waals surface area (Å²) in [6.07, 6.45) is 0.328. The van der Waals surface area contributed by atoms with Gasteiger partial charge in [-0.3, -0.25) is 14.1 Å². The first-order valence-electron chi connectivity index (χ1n) is 5.61. The van der Waals surface area contributed by atoms with Gasteiger partial charge >= 0.3 is 11.9 Å². The van der Waals surface area contributed by atoms with Gasteiger partial charge < -0.3 is 15.6 Å². The Bertz CT molecular complexity index is 379. The average molecular weight is 299 g/mol. The molecule has 0 aliphatic rings. The number of carbonyl (C=O) groups is 2. The standard InChI is InChI=1S/C10H18O7S.H3N/c1-3-5-16-9(11)7-8(18(13,14)15)10(12)17-6-4-2;/h8H,3-7H2,1-2H3,(H,13,14,15);1H3. The Morgan fingerprint density at radius 2 is 1.58 bits per heavy atom. The van der Waals surface area contributed by atoms with Gasteiger partial charge in [0.2, 0.25) is 0 Å². The van der Waals surface area contributed by atoms with Gasteiger partial charge in [-0.25, -0.2) is 0 Å². The van der Waals surface area contributed by atoms with Crippen molar-refractivity contribution in [3.05, 3.63) is 0 Å². The fourth-order valence-electron chi connectivity index (χ4n) is 1.03. The zero-order chi connectivity index (χ0) is 14.2. The minimum absolute atomic E-state index is 0. The minimum Gasteiger partial charge on any atom is -0.466 e. The summed E-state index contributed by atoms with van der Waals surface area (Å²) in [5.41, 5.74) is 0. The molecule has 114 valence electrons. The van der Waals surface area contributed by atoms with Crippen molar-refractivity contribution < 1.29 is 32.0 Å². The van der Waals surface area contributed by atoms with Crippen LogP contribution in [0.2, 0.25) is 0 Å². The third kappa shape index (κ3) is 8.51. The predicted molar refractivity (Wildman–Crippen MR) is 67.5 cm³/mol. The van der Waals surface area contributed by atoms with Crippen LogP contribution >= 0.6 is 0 Å². The van der Waals surface area contributed by atoms with Crippen molar-refractivity contribution in [2.45, 2.75) is 38.4 Å². The quantitative estimate of drug-likeness (QED) is 0.492. The Morgan fingerprint density at radius 1 is 1.11 bits per heavy atom. The van der Waals surface area contributed by atoms with E-state index in [-0.39, 0.29) is 19.4 Å². The highest BCUT2D eigenvalue weighted by molar-refractivity contribution is 7.87. The molecule has 0 spiro atoms. The fourth-order valence-corrected chi connectivity index (χ4v) is 1.69. The van der Waals surface area contributed by atoms with Gasteiger partial charge in [-0.2, -0.15) is 8.42 Å². The van der Waals surface area contributed by atoms with Crippen molar-refractivity contribution >= 4 is 22.1 Å². The molecule has 19 heavy (non-hydrogen) atoms. The lowest BCUT2D eigenvalue weighted by Gasteiger charge is -2.12. The summed E-state index contributed by atoms with van der Waals surface area (Å²) in [5.74, 6) is -2.01. The van der Waals surface area contributed by atoms with Gasteiger partial charge in [0.05, 0.1) is 19.6 Å². The van der Waals surface area contributed by atoms with Crippen LogP contribution in [-0.2, 0) is 29.2 Å². The van der Waals surface area contributed by atoms with Gasteiger partial charge in [-0.15, -0.1) is 0 Å². The maximum atomic E-state index is 11.4. The molecule has 9 heteroatoms.